The lowest BCUT2D eigenvalue weighted by molar-refractivity contribution is -0.197. The number of ether oxygens (including phenoxy) is 3. The summed E-state index contributed by atoms with van der Waals surface area (Å²) in [7, 11) is 0. The van der Waals surface area contributed by atoms with Crippen LogP contribution in [0.15, 0.2) is 24.3 Å². The summed E-state index contributed by atoms with van der Waals surface area (Å²) in [6, 6.07) is 8.17. The van der Waals surface area contributed by atoms with Gasteiger partial charge in [0.2, 0.25) is 0 Å². The van der Waals surface area contributed by atoms with Crippen LogP contribution < -0.4 is 0 Å². The third kappa shape index (κ3) is 3.95. The summed E-state index contributed by atoms with van der Waals surface area (Å²) in [6.07, 6.45) is 0.610. The van der Waals surface area contributed by atoms with E-state index in [1.807, 2.05) is 12.1 Å². The summed E-state index contributed by atoms with van der Waals surface area (Å²) in [5, 5.41) is 0. The van der Waals surface area contributed by atoms with E-state index in [1.54, 1.807) is 0 Å². The third-order valence-electron chi connectivity index (χ3n) is 5.75. The fourth-order valence-corrected chi connectivity index (χ4v) is 5.98. The van der Waals surface area contributed by atoms with E-state index < -0.39 is 35.5 Å². The number of carbonyl (C=O) groups is 3. The zero-order chi connectivity index (χ0) is 20.5. The Kier molecular flexibility index (Phi) is 6.12. The van der Waals surface area contributed by atoms with Gasteiger partial charge >= 0.3 is 17.9 Å². The number of fused-ring (bicyclic) bond motifs is 3. The first kappa shape index (κ1) is 20.8. The van der Waals surface area contributed by atoms with Crippen LogP contribution in [-0.4, -0.2) is 41.5 Å². The molecule has 3 rings (SSSR count). The van der Waals surface area contributed by atoms with E-state index in [0.717, 1.165) is 12.0 Å². The van der Waals surface area contributed by atoms with Crippen molar-refractivity contribution >= 4 is 33.8 Å². The average molecular weight is 453 g/mol. The number of rotatable bonds is 4. The van der Waals surface area contributed by atoms with Crippen LogP contribution >= 0.6 is 15.9 Å². The van der Waals surface area contributed by atoms with Crippen molar-refractivity contribution in [1.82, 2.24) is 0 Å². The highest BCUT2D eigenvalue weighted by Crippen LogP contribution is 2.57. The first-order chi connectivity index (χ1) is 13.2. The molecule has 152 valence electrons. The van der Waals surface area contributed by atoms with Crippen molar-refractivity contribution in [2.75, 3.05) is 6.61 Å². The molecule has 0 aliphatic heterocycles. The van der Waals surface area contributed by atoms with E-state index in [2.05, 4.69) is 28.1 Å². The van der Waals surface area contributed by atoms with Gasteiger partial charge in [-0.15, -0.1) is 0 Å². The smallest absolute Gasteiger partial charge is 0.303 e. The van der Waals surface area contributed by atoms with E-state index in [0.29, 0.717) is 12.8 Å². The summed E-state index contributed by atoms with van der Waals surface area (Å²) in [5.41, 5.74) is 1.71. The van der Waals surface area contributed by atoms with Crippen LogP contribution in [-0.2, 0) is 35.0 Å². The van der Waals surface area contributed by atoms with Crippen LogP contribution in [0.4, 0.5) is 0 Å². The highest BCUT2D eigenvalue weighted by atomic mass is 79.9. The van der Waals surface area contributed by atoms with Gasteiger partial charge in [0.15, 0.2) is 0 Å². The summed E-state index contributed by atoms with van der Waals surface area (Å²) >= 11 is 3.79. The van der Waals surface area contributed by atoms with Crippen LogP contribution in [0, 0.1) is 5.41 Å². The van der Waals surface area contributed by atoms with Crippen molar-refractivity contribution in [2.24, 2.45) is 5.41 Å². The van der Waals surface area contributed by atoms with E-state index >= 15 is 0 Å². The minimum atomic E-state index is -0.694. The van der Waals surface area contributed by atoms with Crippen molar-refractivity contribution in [3.05, 3.63) is 35.4 Å². The number of hydrogen-bond acceptors (Lipinski definition) is 6. The van der Waals surface area contributed by atoms with Gasteiger partial charge in [-0.05, 0) is 24.0 Å². The minimum absolute atomic E-state index is 0.0272. The molecule has 0 aromatic heterocycles. The Labute approximate surface area is 173 Å². The second-order valence-corrected chi connectivity index (χ2v) is 8.80. The summed E-state index contributed by atoms with van der Waals surface area (Å²) in [5.74, 6) is -1.32. The topological polar surface area (TPSA) is 78.9 Å². The quantitative estimate of drug-likeness (QED) is 0.396. The highest BCUT2D eigenvalue weighted by molar-refractivity contribution is 9.09. The molecule has 7 heteroatoms. The predicted octanol–water partition coefficient (Wildman–Crippen LogP) is 3.30. The largest absolute Gasteiger partial charge is 0.465 e. The van der Waals surface area contributed by atoms with Gasteiger partial charge in [-0.1, -0.05) is 40.2 Å². The Morgan fingerprint density at radius 2 is 1.75 bits per heavy atom. The molecule has 5 atom stereocenters. The lowest BCUT2D eigenvalue weighted by Crippen LogP contribution is -2.60. The molecule has 2 aliphatic rings. The molecule has 0 radical (unpaired) electrons. The summed E-state index contributed by atoms with van der Waals surface area (Å²) in [6.45, 7) is 4.14. The molecule has 0 spiro atoms. The van der Waals surface area contributed by atoms with Gasteiger partial charge < -0.3 is 14.2 Å². The highest BCUT2D eigenvalue weighted by Gasteiger charge is 2.60. The third-order valence-corrected chi connectivity index (χ3v) is 6.65. The zero-order valence-corrected chi connectivity index (χ0v) is 17.9. The SMILES string of the molecule is CC(=O)OC[C@@]12CCc3ccccc3[C@H]1[C@@H](Br)C[C@@H](OC(C)=O)[C@@H]2OC(C)=O. The number of halogens is 1. The molecule has 0 saturated heterocycles. The monoisotopic (exact) mass is 452 g/mol. The van der Waals surface area contributed by atoms with Crippen molar-refractivity contribution in [2.45, 2.75) is 63.0 Å². The first-order valence-electron chi connectivity index (χ1n) is 9.44. The van der Waals surface area contributed by atoms with Crippen molar-refractivity contribution < 1.29 is 28.6 Å². The Bertz CT molecular complexity index is 778. The van der Waals surface area contributed by atoms with Gasteiger partial charge in [-0.2, -0.15) is 0 Å². The fourth-order valence-electron chi connectivity index (χ4n) is 4.80. The van der Waals surface area contributed by atoms with E-state index in [9.17, 15) is 14.4 Å². The number of aryl methyl sites for hydroxylation is 1. The molecular weight excluding hydrogens is 428 g/mol. The molecule has 28 heavy (non-hydrogen) atoms. The maximum absolute atomic E-state index is 11.9. The molecule has 1 aromatic carbocycles. The molecule has 2 aliphatic carbocycles. The minimum Gasteiger partial charge on any atom is -0.465 e. The summed E-state index contributed by atoms with van der Waals surface area (Å²) in [4.78, 5) is 35.3. The molecule has 6 nitrogen and oxygen atoms in total. The molecule has 0 heterocycles. The standard InChI is InChI=1S/C21H25BrO6/c1-12(23)26-11-21-9-8-15-6-4-5-7-16(15)19(21)17(22)10-18(27-13(2)24)20(21)28-14(3)25/h4-7,17-20H,8-11H2,1-3H3/t17-,18+,19-,20-,21-/m0/s1. The fraction of sp³-hybridized carbons (Fsp3) is 0.571. The molecule has 0 amide bonds. The van der Waals surface area contributed by atoms with Crippen LogP contribution in [0.2, 0.25) is 0 Å². The second kappa shape index (κ2) is 8.23. The molecule has 1 fully saturated rings. The van der Waals surface area contributed by atoms with E-state index in [-0.39, 0.29) is 17.4 Å². The Morgan fingerprint density at radius 3 is 2.39 bits per heavy atom. The maximum atomic E-state index is 11.9. The van der Waals surface area contributed by atoms with Crippen LogP contribution in [0.1, 0.15) is 50.7 Å². The van der Waals surface area contributed by atoms with Gasteiger partial charge in [0.05, 0.1) is 5.41 Å². The molecule has 0 N–H and O–H groups in total. The van der Waals surface area contributed by atoms with Gasteiger partial charge in [0.25, 0.3) is 0 Å². The summed E-state index contributed by atoms with van der Waals surface area (Å²) < 4.78 is 16.8. The van der Waals surface area contributed by atoms with Gasteiger partial charge in [0.1, 0.15) is 18.8 Å². The normalized spacial score (nSPS) is 31.1. The van der Waals surface area contributed by atoms with Gasteiger partial charge in [0, 0.05) is 37.9 Å². The predicted molar refractivity (Wildman–Crippen MR) is 105 cm³/mol. The van der Waals surface area contributed by atoms with Crippen LogP contribution in [0.5, 0.6) is 0 Å². The molecule has 1 saturated carbocycles. The van der Waals surface area contributed by atoms with Crippen LogP contribution in [0.25, 0.3) is 0 Å². The molecule has 0 unspecified atom stereocenters. The Morgan fingerprint density at radius 1 is 1.07 bits per heavy atom. The number of esters is 3. The van der Waals surface area contributed by atoms with Gasteiger partial charge in [-0.25, -0.2) is 0 Å². The number of benzene rings is 1. The molecule has 1 aromatic rings. The van der Waals surface area contributed by atoms with Crippen molar-refractivity contribution in [1.29, 1.82) is 0 Å². The number of alkyl halides is 1. The molecule has 0 bridgehead atoms. The van der Waals surface area contributed by atoms with Gasteiger partial charge in [-0.3, -0.25) is 14.4 Å². The maximum Gasteiger partial charge on any atom is 0.303 e. The lowest BCUT2D eigenvalue weighted by Gasteiger charge is -2.55. The van der Waals surface area contributed by atoms with E-state index in [1.165, 1.54) is 26.3 Å². The number of hydrogen-bond donors (Lipinski definition) is 0. The van der Waals surface area contributed by atoms with Crippen molar-refractivity contribution in [3.8, 4) is 0 Å². The van der Waals surface area contributed by atoms with Crippen LogP contribution in [0.3, 0.4) is 0 Å². The van der Waals surface area contributed by atoms with E-state index in [4.69, 9.17) is 14.2 Å². The van der Waals surface area contributed by atoms with Crippen molar-refractivity contribution in [3.63, 3.8) is 0 Å². The molecular formula is C21H25BrO6. The zero-order valence-electron chi connectivity index (χ0n) is 16.3. The Hall–Kier alpha value is -1.89. The average Bonchev–Trinajstić information content (AvgIpc) is 2.62. The lowest BCUT2D eigenvalue weighted by atomic mass is 9.56. The second-order valence-electron chi connectivity index (χ2n) is 7.62. The first-order valence-corrected chi connectivity index (χ1v) is 10.4. The Balaban J connectivity index is 2.11. The number of carbonyl (C=O) groups excluding carboxylic acids is 3.